The number of carbonyl (C=O) groups excluding carboxylic acids is 1. The third kappa shape index (κ3) is 7.30. The summed E-state index contributed by atoms with van der Waals surface area (Å²) in [6, 6.07) is 35.3. The van der Waals surface area contributed by atoms with E-state index in [4.69, 9.17) is 13.8 Å². The molecule has 0 spiro atoms. The van der Waals surface area contributed by atoms with E-state index >= 15 is 0 Å². The maximum atomic E-state index is 12.4. The van der Waals surface area contributed by atoms with Crippen LogP contribution in [0.3, 0.4) is 0 Å². The van der Waals surface area contributed by atoms with Gasteiger partial charge in [-0.1, -0.05) is 78.9 Å². The Bertz CT molecular complexity index is 1830. The minimum Gasteiger partial charge on any atom is -0.508 e. The van der Waals surface area contributed by atoms with Crippen molar-refractivity contribution in [3.63, 3.8) is 0 Å². The predicted molar refractivity (Wildman–Crippen MR) is 160 cm³/mol. The minimum atomic E-state index is -4.00. The number of hydrogen-bond acceptors (Lipinski definition) is 8. The SMILES string of the molecule is O=C1OC(c2ccc(O)cc2)(c2ccc(O)cc2)c2ccccc21.O=S(=O)(O)c1ccccc1.O=S(=O)(O)c1ccccc1. The van der Waals surface area contributed by atoms with Crippen molar-refractivity contribution in [3.8, 4) is 11.5 Å². The van der Waals surface area contributed by atoms with Crippen LogP contribution in [0.15, 0.2) is 143 Å². The molecule has 12 heteroatoms. The summed E-state index contributed by atoms with van der Waals surface area (Å²) in [6.07, 6.45) is 0. The van der Waals surface area contributed by atoms with Gasteiger partial charge in [0.2, 0.25) is 0 Å². The van der Waals surface area contributed by atoms with Crippen molar-refractivity contribution in [1.82, 2.24) is 0 Å². The van der Waals surface area contributed by atoms with Crippen LogP contribution in [0, 0.1) is 0 Å². The molecule has 226 valence electrons. The Kier molecular flexibility index (Phi) is 9.50. The first kappa shape index (κ1) is 31.9. The van der Waals surface area contributed by atoms with Crippen molar-refractivity contribution in [2.24, 2.45) is 0 Å². The number of esters is 1. The summed E-state index contributed by atoms with van der Waals surface area (Å²) in [4.78, 5) is 12.3. The fraction of sp³-hybridized carbons (Fsp3) is 0.0312. The number of cyclic esters (lactones) is 1. The Morgan fingerprint density at radius 2 is 0.864 bits per heavy atom. The number of fused-ring (bicyclic) bond motifs is 1. The topological polar surface area (TPSA) is 176 Å². The second kappa shape index (κ2) is 13.1. The van der Waals surface area contributed by atoms with Crippen LogP contribution in [0.25, 0.3) is 0 Å². The van der Waals surface area contributed by atoms with Gasteiger partial charge in [-0.2, -0.15) is 16.8 Å². The fourth-order valence-corrected chi connectivity index (χ4v) is 5.39. The molecule has 6 rings (SSSR count). The Labute approximate surface area is 254 Å². The monoisotopic (exact) mass is 634 g/mol. The molecule has 4 N–H and O–H groups in total. The molecule has 0 atom stereocenters. The molecule has 5 aromatic rings. The van der Waals surface area contributed by atoms with E-state index in [0.29, 0.717) is 5.56 Å². The van der Waals surface area contributed by atoms with Gasteiger partial charge < -0.3 is 14.9 Å². The van der Waals surface area contributed by atoms with E-state index in [9.17, 15) is 31.8 Å². The predicted octanol–water partition coefficient (Wildman–Crippen LogP) is 5.43. The summed E-state index contributed by atoms with van der Waals surface area (Å²) >= 11 is 0. The van der Waals surface area contributed by atoms with Crippen molar-refractivity contribution >= 4 is 26.2 Å². The first-order valence-corrected chi connectivity index (χ1v) is 15.7. The zero-order valence-electron chi connectivity index (χ0n) is 22.8. The van der Waals surface area contributed by atoms with Crippen molar-refractivity contribution in [2.45, 2.75) is 15.4 Å². The minimum absolute atomic E-state index is 0.0741. The van der Waals surface area contributed by atoms with Gasteiger partial charge in [-0.05, 0) is 54.6 Å². The van der Waals surface area contributed by atoms with Gasteiger partial charge in [-0.3, -0.25) is 9.11 Å². The molecule has 0 aromatic heterocycles. The highest BCUT2D eigenvalue weighted by molar-refractivity contribution is 7.86. The molecular weight excluding hydrogens is 608 g/mol. The highest BCUT2D eigenvalue weighted by atomic mass is 32.2. The third-order valence-electron chi connectivity index (χ3n) is 6.40. The molecule has 10 nitrogen and oxygen atoms in total. The molecule has 1 aliphatic rings. The van der Waals surface area contributed by atoms with Crippen LogP contribution >= 0.6 is 0 Å². The molecular formula is C32H26O10S2. The molecule has 44 heavy (non-hydrogen) atoms. The summed E-state index contributed by atoms with van der Waals surface area (Å²) < 4.78 is 64.3. The van der Waals surface area contributed by atoms with Crippen molar-refractivity contribution in [1.29, 1.82) is 0 Å². The van der Waals surface area contributed by atoms with Crippen molar-refractivity contribution < 1.29 is 45.7 Å². The maximum absolute atomic E-state index is 12.4. The highest BCUT2D eigenvalue weighted by Crippen LogP contribution is 2.47. The van der Waals surface area contributed by atoms with Gasteiger partial charge in [-0.15, -0.1) is 0 Å². The normalized spacial score (nSPS) is 13.3. The maximum Gasteiger partial charge on any atom is 0.340 e. The van der Waals surface area contributed by atoms with Gasteiger partial charge in [-0.25, -0.2) is 4.79 Å². The summed E-state index contributed by atoms with van der Waals surface area (Å²) in [5.41, 5.74) is 1.60. The average molecular weight is 635 g/mol. The van der Waals surface area contributed by atoms with Crippen LogP contribution in [-0.2, 0) is 30.6 Å². The standard InChI is InChI=1S/C20H14O4.2C6H6O3S/c21-15-9-5-13(6-10-15)20(14-7-11-16(22)12-8-14)18-4-2-1-3-17(18)19(23)24-20;2*7-10(8,9)6-4-2-1-3-5-6/h1-12,21-22H;2*1-5H,(H,7,8,9). The van der Waals surface area contributed by atoms with Gasteiger partial charge in [0.15, 0.2) is 5.60 Å². The third-order valence-corrected chi connectivity index (χ3v) is 8.14. The van der Waals surface area contributed by atoms with E-state index in [-0.39, 0.29) is 21.3 Å². The fourth-order valence-electron chi connectivity index (χ4n) is 4.39. The molecule has 0 fully saturated rings. The first-order chi connectivity index (χ1) is 20.8. The molecule has 0 saturated heterocycles. The molecule has 0 saturated carbocycles. The number of carbonyl (C=O) groups is 1. The number of rotatable bonds is 4. The lowest BCUT2D eigenvalue weighted by molar-refractivity contribution is 0.0251. The van der Waals surface area contributed by atoms with E-state index in [1.165, 1.54) is 24.3 Å². The zero-order valence-corrected chi connectivity index (χ0v) is 24.4. The lowest BCUT2D eigenvalue weighted by atomic mass is 9.80. The molecule has 1 heterocycles. The number of benzene rings is 5. The second-order valence-electron chi connectivity index (χ2n) is 9.29. The van der Waals surface area contributed by atoms with Gasteiger partial charge in [0.1, 0.15) is 11.5 Å². The number of hydrogen-bond donors (Lipinski definition) is 4. The van der Waals surface area contributed by atoms with E-state index in [1.54, 1.807) is 97.1 Å². The van der Waals surface area contributed by atoms with Gasteiger partial charge in [0.05, 0.1) is 15.4 Å². The lowest BCUT2D eigenvalue weighted by Crippen LogP contribution is -2.29. The Morgan fingerprint density at radius 3 is 1.23 bits per heavy atom. The van der Waals surface area contributed by atoms with Crippen LogP contribution in [0.1, 0.15) is 27.0 Å². The second-order valence-corrected chi connectivity index (χ2v) is 12.1. The van der Waals surface area contributed by atoms with Crippen molar-refractivity contribution in [2.75, 3.05) is 0 Å². The summed E-state index contributed by atoms with van der Waals surface area (Å²) in [6.45, 7) is 0. The molecule has 0 unspecified atom stereocenters. The van der Waals surface area contributed by atoms with E-state index in [0.717, 1.165) is 16.7 Å². The van der Waals surface area contributed by atoms with Gasteiger partial charge in [0.25, 0.3) is 20.2 Å². The van der Waals surface area contributed by atoms with Crippen LogP contribution in [0.2, 0.25) is 0 Å². The van der Waals surface area contributed by atoms with Gasteiger partial charge >= 0.3 is 5.97 Å². The smallest absolute Gasteiger partial charge is 0.340 e. The summed E-state index contributed by atoms with van der Waals surface area (Å²) in [7, 11) is -8.01. The molecule has 5 aromatic carbocycles. The van der Waals surface area contributed by atoms with E-state index < -0.39 is 31.8 Å². The van der Waals surface area contributed by atoms with Crippen LogP contribution in [0.4, 0.5) is 0 Å². The Hall–Kier alpha value is -5.01. The van der Waals surface area contributed by atoms with E-state index in [2.05, 4.69) is 0 Å². The van der Waals surface area contributed by atoms with Gasteiger partial charge in [0, 0.05) is 16.7 Å². The van der Waals surface area contributed by atoms with E-state index in [1.807, 2.05) is 12.1 Å². The van der Waals surface area contributed by atoms with Crippen LogP contribution in [0.5, 0.6) is 11.5 Å². The molecule has 0 radical (unpaired) electrons. The Balaban J connectivity index is 0.000000182. The number of aromatic hydroxyl groups is 2. The van der Waals surface area contributed by atoms with Crippen LogP contribution < -0.4 is 0 Å². The first-order valence-electron chi connectivity index (χ1n) is 12.8. The van der Waals surface area contributed by atoms with Crippen LogP contribution in [-0.4, -0.2) is 42.1 Å². The average Bonchev–Trinajstić information content (AvgIpc) is 3.32. The largest absolute Gasteiger partial charge is 0.508 e. The summed E-state index contributed by atoms with van der Waals surface area (Å²) in [5, 5.41) is 19.2. The summed E-state index contributed by atoms with van der Waals surface area (Å²) in [5.74, 6) is -0.124. The zero-order chi connectivity index (χ0) is 32.0. The number of ether oxygens (including phenoxy) is 1. The molecule has 0 bridgehead atoms. The molecule has 0 amide bonds. The quantitative estimate of drug-likeness (QED) is 0.147. The molecule has 1 aliphatic heterocycles. The Morgan fingerprint density at radius 1 is 0.500 bits per heavy atom. The highest BCUT2D eigenvalue weighted by Gasteiger charge is 2.48. The lowest BCUT2D eigenvalue weighted by Gasteiger charge is -2.30. The number of phenolic OH excluding ortho intramolecular Hbond substituents is 2. The van der Waals surface area contributed by atoms with Crippen molar-refractivity contribution in [3.05, 3.63) is 156 Å². The molecule has 0 aliphatic carbocycles. The number of phenols is 2.